The first kappa shape index (κ1) is 30.2. The molecule has 2 N–H and O–H groups in total. The summed E-state index contributed by atoms with van der Waals surface area (Å²) in [6.07, 6.45) is 5.76. The normalized spacial score (nSPS) is 14.4. The van der Waals surface area contributed by atoms with E-state index in [9.17, 15) is 22.0 Å². The predicted molar refractivity (Wildman–Crippen MR) is 155 cm³/mol. The lowest BCUT2D eigenvalue weighted by Gasteiger charge is -2.33. The molecule has 2 aromatic carbocycles. The maximum atomic E-state index is 14.4. The van der Waals surface area contributed by atoms with E-state index in [4.69, 9.17) is 4.74 Å². The number of carbonyl (C=O) groups excluding carboxylic acids is 1. The number of carbonyl (C=O) groups is 1. The number of hydrogen-bond donors (Lipinski definition) is 2. The predicted octanol–water partition coefficient (Wildman–Crippen LogP) is 5.50. The zero-order valence-electron chi connectivity index (χ0n) is 23.1. The van der Waals surface area contributed by atoms with Gasteiger partial charge in [-0.1, -0.05) is 13.3 Å². The van der Waals surface area contributed by atoms with Gasteiger partial charge < -0.3 is 10.1 Å². The number of anilines is 2. The number of aromatic nitrogens is 1. The third kappa shape index (κ3) is 9.12. The van der Waals surface area contributed by atoms with E-state index in [-0.39, 0.29) is 17.8 Å². The molecule has 1 aromatic heterocycles. The molecule has 0 atom stereocenters. The summed E-state index contributed by atoms with van der Waals surface area (Å²) >= 11 is 0. The number of pyridine rings is 1. The second-order valence-electron chi connectivity index (χ2n) is 10.1. The number of piperidine rings is 1. The Morgan fingerprint density at radius 3 is 2.39 bits per heavy atom. The van der Waals surface area contributed by atoms with Crippen LogP contribution >= 0.6 is 0 Å². The maximum absolute atomic E-state index is 14.4. The van der Waals surface area contributed by atoms with Gasteiger partial charge in [0.05, 0.1) is 23.8 Å². The number of hydrogen-bond acceptors (Lipinski definition) is 6. The summed E-state index contributed by atoms with van der Waals surface area (Å²) in [5.74, 6) is -0.320. The summed E-state index contributed by atoms with van der Waals surface area (Å²) in [4.78, 5) is 21.2. The van der Waals surface area contributed by atoms with Crippen LogP contribution in [0.25, 0.3) is 0 Å². The highest BCUT2D eigenvalue weighted by Crippen LogP contribution is 2.24. The maximum Gasteiger partial charge on any atom is 0.322 e. The summed E-state index contributed by atoms with van der Waals surface area (Å²) in [5.41, 5.74) is 1.41. The third-order valence-corrected chi connectivity index (χ3v) is 7.28. The SMILES string of the molecule is CCCCN(C(=O)NC1CCN(Cc2ccc(Oc3ccc(NS(C)(=O)=O)cc3)cn2)CC1)c1ccc(F)cc1F. The topological polar surface area (TPSA) is 104 Å². The van der Waals surface area contributed by atoms with Crippen LogP contribution in [-0.4, -0.2) is 56.3 Å². The standard InChI is InChI=1S/C29H35F2N5O4S/c1-3-4-15-36(28-12-5-21(30)18-27(28)31)29(37)33-22-13-16-35(17-14-22)20-24-8-11-26(19-32-24)40-25-9-6-23(7-10-25)34-41(2,38)39/h5-12,18-19,22,34H,3-4,13-17,20H2,1-2H3,(H,33,37). The molecular formula is C29H35F2N5O4S. The van der Waals surface area contributed by atoms with E-state index >= 15 is 0 Å². The van der Waals surface area contributed by atoms with Gasteiger partial charge in [0.1, 0.15) is 23.1 Å². The van der Waals surface area contributed by atoms with E-state index in [2.05, 4.69) is 19.9 Å². The molecule has 0 spiro atoms. The van der Waals surface area contributed by atoms with E-state index in [0.29, 0.717) is 36.7 Å². The minimum Gasteiger partial charge on any atom is -0.456 e. The summed E-state index contributed by atoms with van der Waals surface area (Å²) in [7, 11) is -3.34. The highest BCUT2D eigenvalue weighted by molar-refractivity contribution is 7.92. The molecule has 2 amide bonds. The van der Waals surface area contributed by atoms with Crippen LogP contribution < -0.4 is 19.7 Å². The van der Waals surface area contributed by atoms with Crippen LogP contribution in [0.5, 0.6) is 11.5 Å². The fourth-order valence-electron chi connectivity index (χ4n) is 4.57. The van der Waals surface area contributed by atoms with Crippen molar-refractivity contribution in [3.8, 4) is 11.5 Å². The lowest BCUT2D eigenvalue weighted by molar-refractivity contribution is 0.186. The van der Waals surface area contributed by atoms with E-state index in [0.717, 1.165) is 56.4 Å². The molecule has 1 aliphatic rings. The van der Waals surface area contributed by atoms with Gasteiger partial charge in [-0.2, -0.15) is 0 Å². The summed E-state index contributed by atoms with van der Waals surface area (Å²) in [6, 6.07) is 13.1. The highest BCUT2D eigenvalue weighted by Gasteiger charge is 2.25. The van der Waals surface area contributed by atoms with Gasteiger partial charge >= 0.3 is 6.03 Å². The fraction of sp³-hybridized carbons (Fsp3) is 0.379. The van der Waals surface area contributed by atoms with Crippen LogP contribution in [0.3, 0.4) is 0 Å². The van der Waals surface area contributed by atoms with Crippen molar-refractivity contribution in [2.24, 2.45) is 0 Å². The summed E-state index contributed by atoms with van der Waals surface area (Å²) in [5, 5.41) is 3.03. The van der Waals surface area contributed by atoms with Crippen LogP contribution in [0.1, 0.15) is 38.3 Å². The quantitative estimate of drug-likeness (QED) is 0.307. The Labute approximate surface area is 239 Å². The van der Waals surface area contributed by atoms with Gasteiger partial charge in [-0.25, -0.2) is 22.0 Å². The molecule has 9 nitrogen and oxygen atoms in total. The number of halogens is 2. The summed E-state index contributed by atoms with van der Waals surface area (Å²) < 4.78 is 58.7. The third-order valence-electron chi connectivity index (χ3n) is 6.67. The molecule has 0 unspecified atom stereocenters. The Hall–Kier alpha value is -3.77. The van der Waals surface area contributed by atoms with Crippen molar-refractivity contribution in [1.29, 1.82) is 0 Å². The van der Waals surface area contributed by atoms with Crippen LogP contribution in [0.15, 0.2) is 60.8 Å². The van der Waals surface area contributed by atoms with Crippen LogP contribution in [0.4, 0.5) is 25.0 Å². The monoisotopic (exact) mass is 587 g/mol. The lowest BCUT2D eigenvalue weighted by atomic mass is 10.0. The first-order valence-corrected chi connectivity index (χ1v) is 15.4. The molecule has 1 saturated heterocycles. The molecule has 12 heteroatoms. The molecule has 2 heterocycles. The molecule has 220 valence electrons. The smallest absolute Gasteiger partial charge is 0.322 e. The van der Waals surface area contributed by atoms with Crippen molar-refractivity contribution < 1.29 is 26.7 Å². The van der Waals surface area contributed by atoms with Crippen molar-refractivity contribution in [2.75, 3.05) is 35.5 Å². The number of nitrogens with zero attached hydrogens (tertiary/aromatic N) is 3. The van der Waals surface area contributed by atoms with E-state index < -0.39 is 21.7 Å². The van der Waals surface area contributed by atoms with E-state index in [1.807, 2.05) is 19.1 Å². The largest absolute Gasteiger partial charge is 0.456 e. The molecular weight excluding hydrogens is 552 g/mol. The molecule has 4 rings (SSSR count). The zero-order valence-corrected chi connectivity index (χ0v) is 24.0. The van der Waals surface area contributed by atoms with Gasteiger partial charge in [0.15, 0.2) is 0 Å². The first-order valence-electron chi connectivity index (χ1n) is 13.6. The summed E-state index contributed by atoms with van der Waals surface area (Å²) in [6.45, 7) is 4.51. The molecule has 41 heavy (non-hydrogen) atoms. The van der Waals surface area contributed by atoms with Gasteiger partial charge in [0.2, 0.25) is 10.0 Å². The first-order chi connectivity index (χ1) is 19.6. The van der Waals surface area contributed by atoms with E-state index in [1.165, 1.54) is 11.0 Å². The van der Waals surface area contributed by atoms with E-state index in [1.54, 1.807) is 30.5 Å². The number of benzene rings is 2. The van der Waals surface area contributed by atoms with Gasteiger partial charge in [-0.05, 0) is 67.8 Å². The number of ether oxygens (including phenoxy) is 1. The zero-order chi connectivity index (χ0) is 29.4. The fourth-order valence-corrected chi connectivity index (χ4v) is 5.14. The Balaban J connectivity index is 1.25. The molecule has 1 fully saturated rings. The number of rotatable bonds is 11. The Morgan fingerprint density at radius 2 is 1.78 bits per heavy atom. The minimum atomic E-state index is -3.34. The second kappa shape index (κ2) is 13.7. The molecule has 0 bridgehead atoms. The van der Waals surface area contributed by atoms with Crippen molar-refractivity contribution >= 4 is 27.4 Å². The average molecular weight is 588 g/mol. The van der Waals surface area contributed by atoms with Gasteiger partial charge in [0.25, 0.3) is 0 Å². The number of amides is 2. The van der Waals surface area contributed by atoms with Gasteiger partial charge in [-0.15, -0.1) is 0 Å². The number of nitrogens with one attached hydrogen (secondary N) is 2. The number of sulfonamides is 1. The second-order valence-corrected chi connectivity index (χ2v) is 11.8. The molecule has 3 aromatic rings. The number of unbranched alkanes of at least 4 members (excludes halogenated alkanes) is 1. The Morgan fingerprint density at radius 1 is 1.07 bits per heavy atom. The van der Waals surface area contributed by atoms with Crippen LogP contribution in [0.2, 0.25) is 0 Å². The number of urea groups is 1. The van der Waals surface area contributed by atoms with Crippen molar-refractivity contribution in [3.63, 3.8) is 0 Å². The van der Waals surface area contributed by atoms with Crippen molar-refractivity contribution in [3.05, 3.63) is 78.1 Å². The molecule has 0 aliphatic carbocycles. The van der Waals surface area contributed by atoms with Gasteiger partial charge in [0, 0.05) is 44.0 Å². The van der Waals surface area contributed by atoms with Crippen LogP contribution in [-0.2, 0) is 16.6 Å². The van der Waals surface area contributed by atoms with Crippen LogP contribution in [0, 0.1) is 11.6 Å². The van der Waals surface area contributed by atoms with Crippen molar-refractivity contribution in [1.82, 2.24) is 15.2 Å². The average Bonchev–Trinajstić information content (AvgIpc) is 2.92. The molecule has 1 aliphatic heterocycles. The van der Waals surface area contributed by atoms with Gasteiger partial charge in [-0.3, -0.25) is 19.5 Å². The number of likely N-dealkylation sites (tertiary alicyclic amines) is 1. The lowest BCUT2D eigenvalue weighted by Crippen LogP contribution is -2.49. The Bertz CT molecular complexity index is 1410. The highest BCUT2D eigenvalue weighted by atomic mass is 32.2. The van der Waals surface area contributed by atoms with Crippen molar-refractivity contribution in [2.45, 2.75) is 45.2 Å². The Kier molecular flexibility index (Phi) is 10.1. The molecule has 0 radical (unpaired) electrons. The molecule has 0 saturated carbocycles. The minimum absolute atomic E-state index is 0.0471.